The van der Waals surface area contributed by atoms with Gasteiger partial charge in [0.25, 0.3) is 5.91 Å². The van der Waals surface area contributed by atoms with E-state index in [9.17, 15) is 14.0 Å². The maximum atomic E-state index is 13.3. The van der Waals surface area contributed by atoms with Gasteiger partial charge in [-0.2, -0.15) is 5.26 Å². The van der Waals surface area contributed by atoms with E-state index in [0.29, 0.717) is 22.9 Å². The quantitative estimate of drug-likeness (QED) is 0.449. The van der Waals surface area contributed by atoms with Crippen molar-refractivity contribution in [3.05, 3.63) is 76.7 Å². The van der Waals surface area contributed by atoms with Crippen LogP contribution in [0, 0.1) is 17.1 Å². The molecular formula is C26H22FN3O3. The number of amides is 1. The van der Waals surface area contributed by atoms with Crippen molar-refractivity contribution in [3.63, 3.8) is 0 Å². The first-order valence-corrected chi connectivity index (χ1v) is 10.8. The van der Waals surface area contributed by atoms with Crippen LogP contribution in [0.1, 0.15) is 46.4 Å². The van der Waals surface area contributed by atoms with Gasteiger partial charge in [-0.1, -0.05) is 30.3 Å². The number of nitriles is 1. The van der Waals surface area contributed by atoms with Crippen molar-refractivity contribution in [1.29, 1.82) is 5.26 Å². The monoisotopic (exact) mass is 443 g/mol. The molecule has 4 rings (SSSR count). The SMILES string of the molecule is N#CCCNC(=O)COC(=O)c1c2c(nc3ccccc13)/C(=C/c1ccc(F)cc1)CCC2. The van der Waals surface area contributed by atoms with Gasteiger partial charge in [-0.05, 0) is 60.2 Å². The molecule has 1 amide bonds. The summed E-state index contributed by atoms with van der Waals surface area (Å²) in [6, 6.07) is 15.5. The molecule has 1 aliphatic carbocycles. The highest BCUT2D eigenvalue weighted by Crippen LogP contribution is 2.36. The van der Waals surface area contributed by atoms with Crippen LogP contribution in [0.15, 0.2) is 48.5 Å². The second-order valence-corrected chi connectivity index (χ2v) is 7.74. The Morgan fingerprint density at radius 3 is 2.73 bits per heavy atom. The highest BCUT2D eigenvalue weighted by atomic mass is 19.1. The summed E-state index contributed by atoms with van der Waals surface area (Å²) in [5.74, 6) is -1.34. The number of halogens is 1. The second-order valence-electron chi connectivity index (χ2n) is 7.74. The predicted octanol–water partition coefficient (Wildman–Crippen LogP) is 4.44. The average Bonchev–Trinajstić information content (AvgIpc) is 2.83. The fourth-order valence-electron chi connectivity index (χ4n) is 3.98. The molecule has 0 spiro atoms. The van der Waals surface area contributed by atoms with Gasteiger partial charge in [0, 0.05) is 11.9 Å². The number of pyridine rings is 1. The maximum absolute atomic E-state index is 13.3. The van der Waals surface area contributed by atoms with Crippen LogP contribution in [0.5, 0.6) is 0 Å². The van der Waals surface area contributed by atoms with E-state index in [1.54, 1.807) is 12.1 Å². The Morgan fingerprint density at radius 1 is 1.15 bits per heavy atom. The van der Waals surface area contributed by atoms with E-state index in [1.165, 1.54) is 12.1 Å². The molecule has 7 heteroatoms. The van der Waals surface area contributed by atoms with Gasteiger partial charge in [0.15, 0.2) is 6.61 Å². The van der Waals surface area contributed by atoms with Crippen LogP contribution in [0.2, 0.25) is 0 Å². The van der Waals surface area contributed by atoms with E-state index < -0.39 is 18.5 Å². The summed E-state index contributed by atoms with van der Waals surface area (Å²) < 4.78 is 18.6. The molecule has 0 saturated heterocycles. The van der Waals surface area contributed by atoms with E-state index in [4.69, 9.17) is 15.0 Å². The van der Waals surface area contributed by atoms with Gasteiger partial charge in [0.1, 0.15) is 5.82 Å². The van der Waals surface area contributed by atoms with Crippen LogP contribution < -0.4 is 5.32 Å². The maximum Gasteiger partial charge on any atom is 0.339 e. The number of para-hydroxylation sites is 1. The number of carbonyl (C=O) groups excluding carboxylic acids is 2. The van der Waals surface area contributed by atoms with Gasteiger partial charge in [-0.25, -0.2) is 14.2 Å². The molecule has 0 atom stereocenters. The van der Waals surface area contributed by atoms with Gasteiger partial charge in [-0.3, -0.25) is 4.79 Å². The number of allylic oxidation sites excluding steroid dienone is 1. The molecule has 33 heavy (non-hydrogen) atoms. The number of esters is 1. The van der Waals surface area contributed by atoms with Gasteiger partial charge >= 0.3 is 5.97 Å². The Balaban J connectivity index is 1.70. The van der Waals surface area contributed by atoms with Gasteiger partial charge in [0.2, 0.25) is 0 Å². The molecule has 6 nitrogen and oxygen atoms in total. The average molecular weight is 443 g/mol. The Morgan fingerprint density at radius 2 is 1.94 bits per heavy atom. The normalized spacial score (nSPS) is 13.9. The van der Waals surface area contributed by atoms with Crippen LogP contribution >= 0.6 is 0 Å². The number of carbonyl (C=O) groups is 2. The van der Waals surface area contributed by atoms with E-state index in [-0.39, 0.29) is 18.8 Å². The number of nitrogens with one attached hydrogen (secondary N) is 1. The topological polar surface area (TPSA) is 92.1 Å². The summed E-state index contributed by atoms with van der Waals surface area (Å²) in [6.45, 7) is -0.216. The molecule has 0 aliphatic heterocycles. The highest BCUT2D eigenvalue weighted by Gasteiger charge is 2.26. The Hall–Kier alpha value is -4.05. The third-order valence-electron chi connectivity index (χ3n) is 5.48. The molecular weight excluding hydrogens is 421 g/mol. The molecule has 1 aliphatic rings. The third-order valence-corrected chi connectivity index (χ3v) is 5.48. The third kappa shape index (κ3) is 5.07. The summed E-state index contributed by atoms with van der Waals surface area (Å²) in [4.78, 5) is 29.9. The van der Waals surface area contributed by atoms with Crippen molar-refractivity contribution in [2.45, 2.75) is 25.7 Å². The summed E-state index contributed by atoms with van der Waals surface area (Å²) in [5, 5.41) is 11.8. The molecule has 2 aromatic carbocycles. The number of hydrogen-bond donors (Lipinski definition) is 1. The predicted molar refractivity (Wildman–Crippen MR) is 122 cm³/mol. The molecule has 0 fully saturated rings. The first kappa shape index (κ1) is 22.2. The van der Waals surface area contributed by atoms with Crippen LogP contribution in [0.4, 0.5) is 4.39 Å². The molecule has 1 aromatic heterocycles. The molecule has 3 aromatic rings. The number of aromatic nitrogens is 1. The lowest BCUT2D eigenvalue weighted by Gasteiger charge is -2.22. The molecule has 0 bridgehead atoms. The van der Waals surface area contributed by atoms with Crippen molar-refractivity contribution in [1.82, 2.24) is 10.3 Å². The summed E-state index contributed by atoms with van der Waals surface area (Å²) in [5.41, 5.74) is 4.43. The molecule has 1 N–H and O–H groups in total. The molecule has 166 valence electrons. The zero-order chi connectivity index (χ0) is 23.2. The van der Waals surface area contributed by atoms with E-state index in [0.717, 1.165) is 35.2 Å². The summed E-state index contributed by atoms with van der Waals surface area (Å²) >= 11 is 0. The number of nitrogens with zero attached hydrogens (tertiary/aromatic N) is 2. The molecule has 0 unspecified atom stereocenters. The van der Waals surface area contributed by atoms with Crippen LogP contribution in [-0.2, 0) is 16.0 Å². The Labute approximate surface area is 190 Å². The second kappa shape index (κ2) is 10.0. The van der Waals surface area contributed by atoms with Gasteiger partial charge < -0.3 is 10.1 Å². The first-order chi connectivity index (χ1) is 16.1. The highest BCUT2D eigenvalue weighted by molar-refractivity contribution is 6.07. The summed E-state index contributed by atoms with van der Waals surface area (Å²) in [7, 11) is 0. The molecule has 0 saturated carbocycles. The number of ether oxygens (including phenoxy) is 1. The van der Waals surface area contributed by atoms with Gasteiger partial charge in [-0.15, -0.1) is 0 Å². The number of hydrogen-bond acceptors (Lipinski definition) is 5. The minimum Gasteiger partial charge on any atom is -0.452 e. The lowest BCUT2D eigenvalue weighted by Crippen LogP contribution is -2.29. The van der Waals surface area contributed by atoms with Crippen LogP contribution in [0.25, 0.3) is 22.6 Å². The first-order valence-electron chi connectivity index (χ1n) is 10.8. The Kier molecular flexibility index (Phi) is 6.75. The number of fused-ring (bicyclic) bond motifs is 2. The van der Waals surface area contributed by atoms with Crippen molar-refractivity contribution in [3.8, 4) is 6.07 Å². The van der Waals surface area contributed by atoms with Crippen molar-refractivity contribution in [2.24, 2.45) is 0 Å². The minimum absolute atomic E-state index is 0.186. The molecule has 1 heterocycles. The van der Waals surface area contributed by atoms with Crippen LogP contribution in [-0.4, -0.2) is 30.0 Å². The van der Waals surface area contributed by atoms with E-state index in [1.807, 2.05) is 36.4 Å². The number of rotatable bonds is 6. The zero-order valence-corrected chi connectivity index (χ0v) is 17.9. The largest absolute Gasteiger partial charge is 0.452 e. The van der Waals surface area contributed by atoms with Crippen LogP contribution in [0.3, 0.4) is 0 Å². The van der Waals surface area contributed by atoms with Crippen molar-refractivity contribution < 1.29 is 18.7 Å². The number of benzene rings is 2. The van der Waals surface area contributed by atoms with E-state index in [2.05, 4.69) is 5.32 Å². The standard InChI is InChI=1S/C26H22FN3O3/c27-19-11-9-17(10-12-19)15-18-5-3-7-21-24(20-6-1-2-8-22(20)30-25(18)21)26(32)33-16-23(31)29-14-4-13-28/h1-2,6,8-12,15H,3-5,7,14,16H2,(H,29,31)/b18-15+. The molecule has 0 radical (unpaired) electrons. The van der Waals surface area contributed by atoms with E-state index >= 15 is 0 Å². The lowest BCUT2D eigenvalue weighted by atomic mass is 9.86. The van der Waals surface area contributed by atoms with Gasteiger partial charge in [0.05, 0.1) is 29.3 Å². The van der Waals surface area contributed by atoms with Crippen molar-refractivity contribution in [2.75, 3.05) is 13.2 Å². The Bertz CT molecular complexity index is 1280. The van der Waals surface area contributed by atoms with Crippen molar-refractivity contribution >= 4 is 34.4 Å². The summed E-state index contributed by atoms with van der Waals surface area (Å²) in [6.07, 6.45) is 4.43. The zero-order valence-electron chi connectivity index (χ0n) is 17.9. The fourth-order valence-corrected chi connectivity index (χ4v) is 3.98. The smallest absolute Gasteiger partial charge is 0.339 e. The minimum atomic E-state index is -0.580. The lowest BCUT2D eigenvalue weighted by molar-refractivity contribution is -0.124. The fraction of sp³-hybridized carbons (Fsp3) is 0.231.